The molecule has 0 aliphatic heterocycles. The van der Waals surface area contributed by atoms with Crippen LogP contribution in [-0.4, -0.2) is 29.0 Å². The summed E-state index contributed by atoms with van der Waals surface area (Å²) >= 11 is 0. The molecule has 0 unspecified atom stereocenters. The van der Waals surface area contributed by atoms with Crippen LogP contribution in [0.3, 0.4) is 0 Å². The molecule has 0 aliphatic rings. The van der Waals surface area contributed by atoms with Gasteiger partial charge in [-0.1, -0.05) is 30.6 Å². The molecule has 2 amide bonds. The van der Waals surface area contributed by atoms with Gasteiger partial charge in [0, 0.05) is 23.6 Å². The zero-order chi connectivity index (χ0) is 28.4. The van der Waals surface area contributed by atoms with Gasteiger partial charge in [0.15, 0.2) is 5.82 Å². The molecule has 40 heavy (non-hydrogen) atoms. The number of aromatic nitrogens is 2. The van der Waals surface area contributed by atoms with Crippen molar-refractivity contribution in [1.29, 1.82) is 0 Å². The predicted octanol–water partition coefficient (Wildman–Crippen LogP) is 6.27. The Kier molecular flexibility index (Phi) is 7.21. The van der Waals surface area contributed by atoms with E-state index in [1.54, 1.807) is 39.1 Å². The minimum Gasteiger partial charge on any atom is -0.455 e. The Hall–Kier alpha value is -4.79. The van der Waals surface area contributed by atoms with Gasteiger partial charge in [-0.2, -0.15) is 4.98 Å². The molecule has 5 rings (SSSR count). The van der Waals surface area contributed by atoms with Gasteiger partial charge in [-0.25, -0.2) is 4.39 Å². The van der Waals surface area contributed by atoms with E-state index in [9.17, 15) is 14.0 Å². The highest BCUT2D eigenvalue weighted by molar-refractivity contribution is 6.12. The summed E-state index contributed by atoms with van der Waals surface area (Å²) in [6.07, 6.45) is 2.86. The van der Waals surface area contributed by atoms with E-state index in [-0.39, 0.29) is 17.6 Å². The topological polar surface area (TPSA) is 110 Å². The van der Waals surface area contributed by atoms with Crippen molar-refractivity contribution in [2.75, 3.05) is 7.05 Å². The number of rotatable bonds is 8. The van der Waals surface area contributed by atoms with Gasteiger partial charge in [0.1, 0.15) is 17.2 Å². The van der Waals surface area contributed by atoms with E-state index in [1.807, 2.05) is 30.3 Å². The van der Waals surface area contributed by atoms with Gasteiger partial charge in [-0.3, -0.25) is 9.59 Å². The maximum Gasteiger partial charge on any atom is 0.255 e. The number of halogens is 1. The van der Waals surface area contributed by atoms with Crippen LogP contribution in [0.5, 0.6) is 0 Å². The Morgan fingerprint density at radius 3 is 2.45 bits per heavy atom. The van der Waals surface area contributed by atoms with Crippen molar-refractivity contribution in [3.63, 3.8) is 0 Å². The Labute approximate surface area is 230 Å². The first-order valence-electron chi connectivity index (χ1n) is 13.0. The molecule has 2 aromatic heterocycles. The van der Waals surface area contributed by atoms with E-state index < -0.39 is 5.54 Å². The molecular weight excluding hydrogens is 511 g/mol. The Morgan fingerprint density at radius 2 is 1.77 bits per heavy atom. The van der Waals surface area contributed by atoms with E-state index in [0.29, 0.717) is 39.2 Å². The summed E-state index contributed by atoms with van der Waals surface area (Å²) in [5.74, 6) is -0.248. The predicted molar refractivity (Wildman–Crippen MR) is 149 cm³/mol. The molecule has 0 atom stereocenters. The van der Waals surface area contributed by atoms with Gasteiger partial charge >= 0.3 is 0 Å². The van der Waals surface area contributed by atoms with Crippen molar-refractivity contribution in [2.24, 2.45) is 0 Å². The number of hydrogen-bond donors (Lipinski definition) is 2. The molecule has 0 saturated heterocycles. The van der Waals surface area contributed by atoms with Crippen LogP contribution in [0.2, 0.25) is 0 Å². The fraction of sp³-hybridized carbons (Fsp3) is 0.226. The number of nitrogens with zero attached hydrogens (tertiary/aromatic N) is 2. The second-order valence-corrected chi connectivity index (χ2v) is 10.1. The Bertz CT molecular complexity index is 1690. The van der Waals surface area contributed by atoms with Crippen molar-refractivity contribution >= 4 is 22.8 Å². The van der Waals surface area contributed by atoms with Gasteiger partial charge < -0.3 is 19.6 Å². The molecule has 204 valence electrons. The first kappa shape index (κ1) is 26.8. The first-order valence-corrected chi connectivity index (χ1v) is 13.0. The smallest absolute Gasteiger partial charge is 0.255 e. The minimum atomic E-state index is -0.845. The van der Waals surface area contributed by atoms with Crippen molar-refractivity contribution in [3.05, 3.63) is 95.4 Å². The summed E-state index contributed by atoms with van der Waals surface area (Å²) in [6.45, 7) is 5.68. The van der Waals surface area contributed by atoms with Crippen LogP contribution in [0, 0.1) is 5.82 Å². The molecule has 3 aromatic carbocycles. The zero-order valence-electron chi connectivity index (χ0n) is 22.7. The van der Waals surface area contributed by atoms with E-state index in [1.165, 1.54) is 18.5 Å². The zero-order valence-corrected chi connectivity index (χ0v) is 22.7. The molecule has 0 fully saturated rings. The number of fused-ring (bicyclic) bond motifs is 1. The number of carbonyl (C=O) groups excluding carboxylic acids is 2. The van der Waals surface area contributed by atoms with E-state index in [0.717, 1.165) is 29.5 Å². The number of furan rings is 1. The van der Waals surface area contributed by atoms with Crippen LogP contribution in [0.1, 0.15) is 59.3 Å². The average molecular weight is 541 g/mol. The van der Waals surface area contributed by atoms with Crippen LogP contribution in [0.15, 0.2) is 76.0 Å². The van der Waals surface area contributed by atoms with Crippen molar-refractivity contribution in [1.82, 2.24) is 20.8 Å². The first-order chi connectivity index (χ1) is 19.2. The second kappa shape index (κ2) is 10.8. The Morgan fingerprint density at radius 1 is 1.00 bits per heavy atom. The number of benzene rings is 3. The SMILES string of the molecule is CCCc1cc2oc(-c3ccc(F)cc3)c(C(=O)NC)c2cc1-c1cccc(C(=O)NC(C)(C)c2ncon2)c1. The fourth-order valence-corrected chi connectivity index (χ4v) is 4.77. The normalized spacial score (nSPS) is 11.5. The molecular formula is C31H29FN4O4. The van der Waals surface area contributed by atoms with E-state index in [2.05, 4.69) is 27.7 Å². The second-order valence-electron chi connectivity index (χ2n) is 10.1. The highest BCUT2D eigenvalue weighted by Crippen LogP contribution is 2.38. The molecule has 5 aromatic rings. The van der Waals surface area contributed by atoms with Crippen molar-refractivity contribution < 1.29 is 22.9 Å². The highest BCUT2D eigenvalue weighted by atomic mass is 19.1. The summed E-state index contributed by atoms with van der Waals surface area (Å²) < 4.78 is 24.7. The van der Waals surface area contributed by atoms with Crippen molar-refractivity contribution in [3.8, 4) is 22.5 Å². The largest absolute Gasteiger partial charge is 0.455 e. The lowest BCUT2D eigenvalue weighted by molar-refractivity contribution is 0.0906. The average Bonchev–Trinajstić information content (AvgIpc) is 3.62. The maximum atomic E-state index is 13.6. The molecule has 0 spiro atoms. The monoisotopic (exact) mass is 540 g/mol. The van der Waals surface area contributed by atoms with Gasteiger partial charge in [-0.05, 0) is 85.5 Å². The molecule has 9 heteroatoms. The summed E-state index contributed by atoms with van der Waals surface area (Å²) in [4.78, 5) is 30.4. The minimum absolute atomic E-state index is 0.289. The lowest BCUT2D eigenvalue weighted by Crippen LogP contribution is -2.41. The Balaban J connectivity index is 1.61. The fourth-order valence-electron chi connectivity index (χ4n) is 4.77. The summed E-state index contributed by atoms with van der Waals surface area (Å²) in [5, 5.41) is 10.1. The lowest BCUT2D eigenvalue weighted by atomic mass is 9.92. The van der Waals surface area contributed by atoms with Crippen molar-refractivity contribution in [2.45, 2.75) is 39.2 Å². The number of nitrogens with one attached hydrogen (secondary N) is 2. The molecule has 8 nitrogen and oxygen atoms in total. The number of amides is 2. The number of carbonyl (C=O) groups is 2. The molecule has 2 heterocycles. The third-order valence-corrected chi connectivity index (χ3v) is 6.78. The van der Waals surface area contributed by atoms with Gasteiger partial charge in [0.2, 0.25) is 6.39 Å². The molecule has 0 saturated carbocycles. The van der Waals surface area contributed by atoms with E-state index in [4.69, 9.17) is 8.94 Å². The van der Waals surface area contributed by atoms with Gasteiger partial charge in [0.25, 0.3) is 11.8 Å². The number of hydrogen-bond acceptors (Lipinski definition) is 6. The van der Waals surface area contributed by atoms with Crippen LogP contribution in [0.4, 0.5) is 4.39 Å². The van der Waals surface area contributed by atoms with Crippen LogP contribution >= 0.6 is 0 Å². The third-order valence-electron chi connectivity index (χ3n) is 6.78. The van der Waals surface area contributed by atoms with Crippen LogP contribution in [0.25, 0.3) is 33.4 Å². The highest BCUT2D eigenvalue weighted by Gasteiger charge is 2.28. The van der Waals surface area contributed by atoms with Gasteiger partial charge in [-0.15, -0.1) is 0 Å². The molecule has 0 aliphatic carbocycles. The van der Waals surface area contributed by atoms with Crippen LogP contribution < -0.4 is 10.6 Å². The summed E-state index contributed by atoms with van der Waals surface area (Å²) in [5.41, 5.74) is 3.86. The summed E-state index contributed by atoms with van der Waals surface area (Å²) in [7, 11) is 1.56. The summed E-state index contributed by atoms with van der Waals surface area (Å²) in [6, 6.07) is 17.0. The maximum absolute atomic E-state index is 13.6. The molecule has 0 bridgehead atoms. The molecule has 2 N–H and O–H groups in total. The number of aryl methyl sites for hydroxylation is 1. The third kappa shape index (κ3) is 5.10. The lowest BCUT2D eigenvalue weighted by Gasteiger charge is -2.22. The van der Waals surface area contributed by atoms with E-state index >= 15 is 0 Å². The molecule has 0 radical (unpaired) electrons. The van der Waals surface area contributed by atoms with Crippen LogP contribution in [-0.2, 0) is 12.0 Å². The standard InChI is InChI=1S/C31H29FN4O4/c1-5-7-19-15-25-24(26(29(38)33-4)27(40-25)18-10-12-22(32)13-11-18)16-23(19)20-8-6-9-21(14-20)28(37)35-31(2,3)30-34-17-39-36-30/h6,8-17H,5,7H2,1-4H3,(H,33,38)(H,35,37). The quantitative estimate of drug-likeness (QED) is 0.240. The van der Waals surface area contributed by atoms with Gasteiger partial charge in [0.05, 0.1) is 11.1 Å².